The molecule has 4 aromatic rings. The third-order valence-corrected chi connectivity index (χ3v) is 6.73. The van der Waals surface area contributed by atoms with Crippen LogP contribution >= 0.6 is 11.3 Å². The van der Waals surface area contributed by atoms with E-state index >= 15 is 0 Å². The van der Waals surface area contributed by atoms with Gasteiger partial charge in [0.05, 0.1) is 12.5 Å². The lowest BCUT2D eigenvalue weighted by molar-refractivity contribution is 0.284. The zero-order valence-electron chi connectivity index (χ0n) is 17.0. The van der Waals surface area contributed by atoms with Gasteiger partial charge in [-0.3, -0.25) is 4.79 Å². The van der Waals surface area contributed by atoms with E-state index in [9.17, 15) is 9.18 Å². The van der Waals surface area contributed by atoms with Gasteiger partial charge < -0.3 is 14.5 Å². The molecule has 31 heavy (non-hydrogen) atoms. The third kappa shape index (κ3) is 3.81. The maximum atomic E-state index is 13.4. The second-order valence-corrected chi connectivity index (χ2v) is 8.67. The highest BCUT2D eigenvalue weighted by Crippen LogP contribution is 2.36. The Hall–Kier alpha value is -3.19. The van der Waals surface area contributed by atoms with Crippen LogP contribution in [-0.4, -0.2) is 17.1 Å². The second-order valence-electron chi connectivity index (χ2n) is 7.59. The Morgan fingerprint density at radius 2 is 2.00 bits per heavy atom. The molecule has 1 aliphatic carbocycles. The smallest absolute Gasteiger partial charge is 0.260 e. The molecule has 2 aromatic carbocycles. The predicted octanol–water partition coefficient (Wildman–Crippen LogP) is 5.26. The Morgan fingerprint density at radius 3 is 2.84 bits per heavy atom. The quantitative estimate of drug-likeness (QED) is 0.464. The molecule has 2 aromatic heterocycles. The molecule has 0 aliphatic heterocycles. The summed E-state index contributed by atoms with van der Waals surface area (Å²) in [6.45, 7) is 0.218. The molecule has 0 fully saturated rings. The van der Waals surface area contributed by atoms with Crippen molar-refractivity contribution in [3.8, 4) is 22.9 Å². The van der Waals surface area contributed by atoms with Gasteiger partial charge in [-0.15, -0.1) is 11.3 Å². The van der Waals surface area contributed by atoms with E-state index in [1.165, 1.54) is 29.0 Å². The number of fused-ring (bicyclic) bond motifs is 3. The van der Waals surface area contributed by atoms with Gasteiger partial charge in [0.15, 0.2) is 11.5 Å². The molecule has 158 valence electrons. The molecule has 0 unspecified atom stereocenters. The highest BCUT2D eigenvalue weighted by molar-refractivity contribution is 7.18. The zero-order valence-corrected chi connectivity index (χ0v) is 17.9. The number of nitrogens with one attached hydrogen (secondary N) is 1. The van der Waals surface area contributed by atoms with E-state index < -0.39 is 0 Å². The summed E-state index contributed by atoms with van der Waals surface area (Å²) in [5, 5.41) is 0.741. The summed E-state index contributed by atoms with van der Waals surface area (Å²) in [5.74, 6) is 1.25. The molecule has 1 aliphatic rings. The number of aryl methyl sites for hydroxylation is 2. The molecule has 0 saturated heterocycles. The summed E-state index contributed by atoms with van der Waals surface area (Å²) >= 11 is 1.63. The van der Waals surface area contributed by atoms with Gasteiger partial charge >= 0.3 is 0 Å². The molecule has 0 bridgehead atoms. The number of hydrogen-bond donors (Lipinski definition) is 1. The van der Waals surface area contributed by atoms with Crippen LogP contribution in [0.4, 0.5) is 4.39 Å². The fraction of sp³-hybridized carbons (Fsp3) is 0.250. The van der Waals surface area contributed by atoms with Crippen molar-refractivity contribution in [1.29, 1.82) is 0 Å². The minimum Gasteiger partial charge on any atom is -0.493 e. The van der Waals surface area contributed by atoms with Gasteiger partial charge in [-0.25, -0.2) is 9.37 Å². The summed E-state index contributed by atoms with van der Waals surface area (Å²) in [4.78, 5) is 22.6. The molecule has 5 rings (SSSR count). The molecule has 0 radical (unpaired) electrons. The lowest BCUT2D eigenvalue weighted by Crippen LogP contribution is -2.11. The van der Waals surface area contributed by atoms with Crippen LogP contribution < -0.4 is 15.0 Å². The molecule has 2 heterocycles. The largest absolute Gasteiger partial charge is 0.493 e. The van der Waals surface area contributed by atoms with Crippen LogP contribution in [0.15, 0.2) is 47.3 Å². The Kier molecular flexibility index (Phi) is 5.19. The summed E-state index contributed by atoms with van der Waals surface area (Å²) < 4.78 is 24.7. The van der Waals surface area contributed by atoms with Crippen molar-refractivity contribution in [1.82, 2.24) is 9.97 Å². The first kappa shape index (κ1) is 19.8. The van der Waals surface area contributed by atoms with Crippen LogP contribution in [0.5, 0.6) is 11.5 Å². The lowest BCUT2D eigenvalue weighted by Gasteiger charge is -2.12. The number of halogens is 1. The number of aromatic nitrogens is 2. The number of rotatable bonds is 5. The van der Waals surface area contributed by atoms with Crippen molar-refractivity contribution in [3.63, 3.8) is 0 Å². The van der Waals surface area contributed by atoms with Crippen LogP contribution in [-0.2, 0) is 19.4 Å². The van der Waals surface area contributed by atoms with Gasteiger partial charge in [-0.1, -0.05) is 12.1 Å². The van der Waals surface area contributed by atoms with Crippen LogP contribution in [0.1, 0.15) is 28.8 Å². The number of methoxy groups -OCH3 is 1. The first-order valence-electron chi connectivity index (χ1n) is 10.2. The van der Waals surface area contributed by atoms with E-state index in [2.05, 4.69) is 4.98 Å². The van der Waals surface area contributed by atoms with Gasteiger partial charge in [0.1, 0.15) is 23.1 Å². The van der Waals surface area contributed by atoms with Crippen LogP contribution in [0.2, 0.25) is 0 Å². The maximum Gasteiger partial charge on any atom is 0.260 e. The molecule has 5 nitrogen and oxygen atoms in total. The number of thiophene rings is 1. The van der Waals surface area contributed by atoms with Crippen molar-refractivity contribution >= 4 is 21.6 Å². The fourth-order valence-electron chi connectivity index (χ4n) is 4.02. The molecule has 0 amide bonds. The maximum absolute atomic E-state index is 13.4. The van der Waals surface area contributed by atoms with E-state index in [0.29, 0.717) is 17.3 Å². The lowest BCUT2D eigenvalue weighted by atomic mass is 9.97. The van der Waals surface area contributed by atoms with Crippen molar-refractivity contribution in [2.75, 3.05) is 7.11 Å². The standard InChI is InChI=1S/C24H21FN2O3S/c1-29-19-12-15(9-10-18(19)30-13-14-5-4-6-16(25)11-14)22-26-23(28)21-17-7-2-3-8-20(17)31-24(21)27-22/h4-6,9-12H,2-3,7-8,13H2,1H3,(H,26,27,28). The number of aromatic amines is 1. The highest BCUT2D eigenvalue weighted by atomic mass is 32.1. The average molecular weight is 437 g/mol. The Balaban J connectivity index is 1.46. The third-order valence-electron chi connectivity index (χ3n) is 5.55. The summed E-state index contributed by atoms with van der Waals surface area (Å²) in [6, 6.07) is 11.7. The molecule has 0 atom stereocenters. The van der Waals surface area contributed by atoms with Crippen molar-refractivity contribution in [2.24, 2.45) is 0 Å². The van der Waals surface area contributed by atoms with Crippen molar-refractivity contribution < 1.29 is 13.9 Å². The molecule has 7 heteroatoms. The van der Waals surface area contributed by atoms with Crippen LogP contribution in [0, 0.1) is 5.82 Å². The van der Waals surface area contributed by atoms with E-state index in [4.69, 9.17) is 14.5 Å². The number of benzene rings is 2. The minimum atomic E-state index is -0.302. The van der Waals surface area contributed by atoms with E-state index in [-0.39, 0.29) is 18.0 Å². The van der Waals surface area contributed by atoms with Gasteiger partial charge in [-0.05, 0) is 67.1 Å². The van der Waals surface area contributed by atoms with E-state index in [1.807, 2.05) is 6.07 Å². The molecule has 0 spiro atoms. The van der Waals surface area contributed by atoms with Gasteiger partial charge in [0.2, 0.25) is 0 Å². The Morgan fingerprint density at radius 1 is 1.13 bits per heavy atom. The number of ether oxygens (including phenoxy) is 2. The van der Waals surface area contributed by atoms with Gasteiger partial charge in [0, 0.05) is 10.4 Å². The highest BCUT2D eigenvalue weighted by Gasteiger charge is 2.20. The first-order valence-corrected chi connectivity index (χ1v) is 11.0. The van der Waals surface area contributed by atoms with Gasteiger partial charge in [-0.2, -0.15) is 0 Å². The zero-order chi connectivity index (χ0) is 21.4. The Labute approximate surface area is 182 Å². The van der Waals surface area contributed by atoms with Gasteiger partial charge in [0.25, 0.3) is 5.56 Å². The van der Waals surface area contributed by atoms with Crippen molar-refractivity contribution in [2.45, 2.75) is 32.3 Å². The van der Waals surface area contributed by atoms with Crippen molar-refractivity contribution in [3.05, 3.63) is 74.6 Å². The predicted molar refractivity (Wildman–Crippen MR) is 120 cm³/mol. The topological polar surface area (TPSA) is 64.2 Å². The summed E-state index contributed by atoms with van der Waals surface area (Å²) in [7, 11) is 1.56. The van der Waals surface area contributed by atoms with Crippen LogP contribution in [0.3, 0.4) is 0 Å². The number of hydrogen-bond acceptors (Lipinski definition) is 5. The van der Waals surface area contributed by atoms with E-state index in [0.717, 1.165) is 40.6 Å². The summed E-state index contributed by atoms with van der Waals surface area (Å²) in [6.07, 6.45) is 4.26. The SMILES string of the molecule is COc1cc(-c2nc3sc4c(c3c(=O)[nH]2)CCCC4)ccc1OCc1cccc(F)c1. The Bertz CT molecular complexity index is 1330. The monoisotopic (exact) mass is 436 g/mol. The van der Waals surface area contributed by atoms with Crippen LogP contribution in [0.25, 0.3) is 21.6 Å². The summed E-state index contributed by atoms with van der Waals surface area (Å²) in [5.41, 5.74) is 2.54. The fourth-order valence-corrected chi connectivity index (χ4v) is 5.28. The molecular formula is C24H21FN2O3S. The molecular weight excluding hydrogens is 415 g/mol. The second kappa shape index (κ2) is 8.15. The number of nitrogens with zero attached hydrogens (tertiary/aromatic N) is 1. The van der Waals surface area contributed by atoms with E-state index in [1.54, 1.807) is 42.7 Å². The first-order chi connectivity index (χ1) is 15.1. The average Bonchev–Trinajstić information content (AvgIpc) is 3.16. The molecule has 0 saturated carbocycles. The normalized spacial score (nSPS) is 13.2. The minimum absolute atomic E-state index is 0.0928. The number of H-pyrrole nitrogens is 1. The molecule has 1 N–H and O–H groups in total.